The molecule has 0 aliphatic heterocycles. The van der Waals surface area contributed by atoms with Gasteiger partial charge in [-0.1, -0.05) is 66.8 Å². The van der Waals surface area contributed by atoms with Crippen molar-refractivity contribution in [2.24, 2.45) is 0 Å². The largest absolute Gasteiger partial charge is 0.459 e. The summed E-state index contributed by atoms with van der Waals surface area (Å²) < 4.78 is 115. The van der Waals surface area contributed by atoms with Crippen molar-refractivity contribution in [1.82, 2.24) is 9.97 Å². The second kappa shape index (κ2) is 10.1. The van der Waals surface area contributed by atoms with Gasteiger partial charge in [0.2, 0.25) is 0 Å². The molecule has 0 amide bonds. The van der Waals surface area contributed by atoms with Crippen LogP contribution in [0.25, 0.3) is 11.6 Å². The van der Waals surface area contributed by atoms with Crippen LogP contribution < -0.4 is 10.6 Å². The van der Waals surface area contributed by atoms with Crippen molar-refractivity contribution in [2.75, 3.05) is 0 Å². The number of rotatable bonds is 4. The summed E-state index contributed by atoms with van der Waals surface area (Å²) in [4.78, 5) is 7.53. The molecule has 0 spiro atoms. The zero-order valence-corrected chi connectivity index (χ0v) is 20.9. The summed E-state index contributed by atoms with van der Waals surface area (Å²) in [5.74, 6) is -5.68. The van der Waals surface area contributed by atoms with Gasteiger partial charge in [-0.3, -0.25) is 4.98 Å². The molecular weight excluding hydrogens is 556 g/mol. The third-order valence-electron chi connectivity index (χ3n) is 7.02. The van der Waals surface area contributed by atoms with Gasteiger partial charge in [0.25, 0.3) is 0 Å². The summed E-state index contributed by atoms with van der Waals surface area (Å²) in [7, 11) is 0. The van der Waals surface area contributed by atoms with E-state index in [1.54, 1.807) is 30.3 Å². The molecule has 3 nitrogen and oxygen atoms in total. The molecule has 41 heavy (non-hydrogen) atoms. The maximum Gasteiger partial charge on any atom is 0.459 e. The molecule has 3 aromatic rings. The van der Waals surface area contributed by atoms with E-state index in [1.165, 1.54) is 48.8 Å². The highest BCUT2D eigenvalue weighted by Crippen LogP contribution is 2.44. The normalized spacial score (nSPS) is 18.3. The number of halogens is 8. The molecule has 1 atom stereocenters. The maximum atomic E-state index is 14.8. The molecule has 2 aliphatic rings. The van der Waals surface area contributed by atoms with Gasteiger partial charge in [0.05, 0.1) is 10.9 Å². The zero-order valence-electron chi connectivity index (χ0n) is 20.9. The molecule has 11 heteroatoms. The third-order valence-corrected chi connectivity index (χ3v) is 7.02. The van der Waals surface area contributed by atoms with E-state index >= 15 is 0 Å². The summed E-state index contributed by atoms with van der Waals surface area (Å²) in [5.41, 5.74) is -6.19. The van der Waals surface area contributed by atoms with Crippen LogP contribution in [0.5, 0.6) is 0 Å². The Bertz CT molecular complexity index is 1650. The van der Waals surface area contributed by atoms with Crippen LogP contribution in [0.3, 0.4) is 0 Å². The lowest BCUT2D eigenvalue weighted by atomic mass is 9.76. The fourth-order valence-electron chi connectivity index (χ4n) is 5.11. The van der Waals surface area contributed by atoms with Gasteiger partial charge in [-0.25, -0.2) is 4.98 Å². The highest BCUT2D eigenvalue weighted by molar-refractivity contribution is 5.65. The number of benzene rings is 1. The minimum Gasteiger partial charge on any atom is -0.376 e. The molecule has 0 bridgehead atoms. The molecule has 0 saturated carbocycles. The SMILES string of the molecule is OC(C1=CC=c2nc(C(F)(F)C(F)(F)F)c(=C3C=CC=CC3)c(C(F)(F)F)c2C1)(c1ccccc1)c1cccnc1. The topological polar surface area (TPSA) is 46.0 Å². The number of nitrogens with zero attached hydrogens (tertiary/aromatic N) is 2. The van der Waals surface area contributed by atoms with Crippen molar-refractivity contribution in [2.45, 2.75) is 36.7 Å². The van der Waals surface area contributed by atoms with E-state index in [1.807, 2.05) is 0 Å². The van der Waals surface area contributed by atoms with Crippen molar-refractivity contribution in [3.8, 4) is 0 Å². The first kappa shape index (κ1) is 28.4. The average molecular weight is 576 g/mol. The van der Waals surface area contributed by atoms with Gasteiger partial charge in [-0.2, -0.15) is 35.1 Å². The predicted octanol–water partition coefficient (Wildman–Crippen LogP) is 6.02. The van der Waals surface area contributed by atoms with E-state index in [2.05, 4.69) is 9.97 Å². The number of aliphatic hydroxyl groups is 1. The lowest BCUT2D eigenvalue weighted by Gasteiger charge is -2.34. The van der Waals surface area contributed by atoms with Gasteiger partial charge >= 0.3 is 18.3 Å². The standard InChI is InChI=1S/C30H20F8N2O/c31-28(32,30(36,37)38)26-24(18-8-3-1-4-9-18)25(29(33,34)35)22-16-20(13-14-23(22)40-26)27(41,19-10-5-2-6-11-19)21-12-7-15-39-17-21/h1-8,10-15,17,41H,9,16H2. The van der Waals surface area contributed by atoms with Gasteiger partial charge in [0.15, 0.2) is 0 Å². The first-order valence-corrected chi connectivity index (χ1v) is 12.3. The molecule has 0 saturated heterocycles. The first-order chi connectivity index (χ1) is 19.3. The second-order valence-corrected chi connectivity index (χ2v) is 9.51. The summed E-state index contributed by atoms with van der Waals surface area (Å²) in [6.45, 7) is 0. The van der Waals surface area contributed by atoms with Gasteiger partial charge < -0.3 is 5.11 Å². The van der Waals surface area contributed by atoms with Crippen molar-refractivity contribution in [3.63, 3.8) is 0 Å². The Morgan fingerprint density at radius 1 is 0.805 bits per heavy atom. The van der Waals surface area contributed by atoms with E-state index in [0.29, 0.717) is 0 Å². The Hall–Kier alpha value is -4.12. The van der Waals surface area contributed by atoms with E-state index in [4.69, 9.17) is 0 Å². The molecule has 212 valence electrons. The molecular formula is C30H20F8N2O. The second-order valence-electron chi connectivity index (χ2n) is 9.51. The highest BCUT2D eigenvalue weighted by Gasteiger charge is 2.61. The van der Waals surface area contributed by atoms with Gasteiger partial charge in [-0.15, -0.1) is 0 Å². The van der Waals surface area contributed by atoms with E-state index in [0.717, 1.165) is 12.2 Å². The van der Waals surface area contributed by atoms with E-state index in [9.17, 15) is 40.2 Å². The molecule has 2 aliphatic carbocycles. The number of pyridine rings is 2. The molecule has 2 heterocycles. The zero-order chi connectivity index (χ0) is 29.6. The van der Waals surface area contributed by atoms with E-state index in [-0.39, 0.29) is 23.1 Å². The molecule has 0 radical (unpaired) electrons. The summed E-state index contributed by atoms with van der Waals surface area (Å²) in [6.07, 6.45) is -2.53. The molecule has 1 unspecified atom stereocenters. The number of hydrogen-bond donors (Lipinski definition) is 1. The molecule has 2 aromatic heterocycles. The van der Waals surface area contributed by atoms with Crippen molar-refractivity contribution in [1.29, 1.82) is 0 Å². The quantitative estimate of drug-likeness (QED) is 0.387. The van der Waals surface area contributed by atoms with Crippen LogP contribution in [0, 0.1) is 0 Å². The van der Waals surface area contributed by atoms with Crippen LogP contribution in [0.1, 0.15) is 34.4 Å². The number of hydrogen-bond acceptors (Lipinski definition) is 3. The van der Waals surface area contributed by atoms with Gasteiger partial charge in [-0.05, 0) is 47.3 Å². The fourth-order valence-corrected chi connectivity index (χ4v) is 5.11. The Kier molecular flexibility index (Phi) is 6.97. The molecule has 1 N–H and O–H groups in total. The minimum atomic E-state index is -6.20. The Morgan fingerprint density at radius 3 is 2.10 bits per heavy atom. The number of fused-ring (bicyclic) bond motifs is 1. The Labute approximate surface area is 228 Å². The highest BCUT2D eigenvalue weighted by atomic mass is 19.4. The summed E-state index contributed by atoms with van der Waals surface area (Å²) >= 11 is 0. The summed E-state index contributed by atoms with van der Waals surface area (Å²) in [5, 5.41) is 10.1. The van der Waals surface area contributed by atoms with Crippen LogP contribution in [0.4, 0.5) is 35.1 Å². The van der Waals surface area contributed by atoms with Gasteiger partial charge in [0, 0.05) is 23.2 Å². The predicted molar refractivity (Wildman–Crippen MR) is 135 cm³/mol. The van der Waals surface area contributed by atoms with Crippen LogP contribution in [0.2, 0.25) is 0 Å². The maximum absolute atomic E-state index is 14.8. The van der Waals surface area contributed by atoms with Crippen LogP contribution in [-0.2, 0) is 24.1 Å². The van der Waals surface area contributed by atoms with Crippen molar-refractivity contribution in [3.05, 3.63) is 129 Å². The lowest BCUT2D eigenvalue weighted by Crippen LogP contribution is -2.46. The van der Waals surface area contributed by atoms with Crippen molar-refractivity contribution < 1.29 is 40.2 Å². The van der Waals surface area contributed by atoms with E-state index < -0.39 is 63.3 Å². The minimum absolute atomic E-state index is 0.0156. The van der Waals surface area contributed by atoms with Crippen LogP contribution in [-0.4, -0.2) is 21.3 Å². The molecule has 0 fully saturated rings. The Balaban J connectivity index is 1.87. The number of allylic oxidation sites excluding steroid dienone is 5. The molecule has 5 rings (SSSR count). The van der Waals surface area contributed by atoms with Gasteiger partial charge in [0.1, 0.15) is 11.3 Å². The fraction of sp³-hybridized carbons (Fsp3) is 0.200. The Morgan fingerprint density at radius 2 is 1.51 bits per heavy atom. The first-order valence-electron chi connectivity index (χ1n) is 12.3. The number of aromatic nitrogens is 2. The monoisotopic (exact) mass is 576 g/mol. The smallest absolute Gasteiger partial charge is 0.376 e. The lowest BCUT2D eigenvalue weighted by molar-refractivity contribution is -0.291. The average Bonchev–Trinajstić information content (AvgIpc) is 2.95. The number of alkyl halides is 8. The van der Waals surface area contributed by atoms with Crippen LogP contribution in [0.15, 0.2) is 90.8 Å². The van der Waals surface area contributed by atoms with Crippen molar-refractivity contribution >= 4 is 11.6 Å². The summed E-state index contributed by atoms with van der Waals surface area (Å²) in [6, 6.07) is 11.1. The molecule has 1 aromatic carbocycles. The van der Waals surface area contributed by atoms with Crippen LogP contribution >= 0.6 is 0 Å². The third kappa shape index (κ3) is 4.88.